The van der Waals surface area contributed by atoms with Crippen molar-refractivity contribution in [3.63, 3.8) is 0 Å². The van der Waals surface area contributed by atoms with Crippen LogP contribution in [0.4, 0.5) is 0 Å². The minimum absolute atomic E-state index is 0. The standard InChI is InChI=1S/C13H15NO3.Na/c1-10(13(16)17)14-9-12(15)8-7-11-5-3-2-4-6-11;/h2-8,10,14H,9H2,1H3,(H,16,17);/q;+1/p-1. The van der Waals surface area contributed by atoms with Crippen molar-refractivity contribution in [2.45, 2.75) is 13.0 Å². The van der Waals surface area contributed by atoms with Crippen LogP contribution in [0.15, 0.2) is 36.4 Å². The van der Waals surface area contributed by atoms with E-state index in [4.69, 9.17) is 0 Å². The predicted molar refractivity (Wildman–Crippen MR) is 63.0 cm³/mol. The van der Waals surface area contributed by atoms with E-state index in [2.05, 4.69) is 5.32 Å². The molecular formula is C13H14NNaO3. The van der Waals surface area contributed by atoms with E-state index in [1.54, 1.807) is 6.08 Å². The quantitative estimate of drug-likeness (QED) is 0.434. The predicted octanol–water partition coefficient (Wildman–Crippen LogP) is -3.00. The van der Waals surface area contributed by atoms with Crippen LogP contribution in [0, 0.1) is 0 Å². The Morgan fingerprint density at radius 3 is 2.50 bits per heavy atom. The summed E-state index contributed by atoms with van der Waals surface area (Å²) in [6, 6.07) is 8.56. The fourth-order valence-corrected chi connectivity index (χ4v) is 1.15. The molecule has 1 atom stereocenters. The molecule has 0 aliphatic carbocycles. The van der Waals surface area contributed by atoms with Gasteiger partial charge in [0.15, 0.2) is 5.78 Å². The van der Waals surface area contributed by atoms with Crippen LogP contribution < -0.4 is 40.0 Å². The van der Waals surface area contributed by atoms with Gasteiger partial charge in [0.05, 0.1) is 12.5 Å². The molecule has 0 aromatic heterocycles. The van der Waals surface area contributed by atoms with E-state index in [1.165, 1.54) is 13.0 Å². The Labute approximate surface area is 128 Å². The molecule has 1 aromatic rings. The Balaban J connectivity index is 0.00000289. The van der Waals surface area contributed by atoms with Gasteiger partial charge in [-0.05, 0) is 18.6 Å². The van der Waals surface area contributed by atoms with Gasteiger partial charge in [0.2, 0.25) is 0 Å². The van der Waals surface area contributed by atoms with Crippen molar-refractivity contribution >= 4 is 17.8 Å². The molecule has 1 rings (SSSR count). The molecule has 0 saturated carbocycles. The zero-order valence-corrected chi connectivity index (χ0v) is 12.6. The molecule has 0 aliphatic rings. The van der Waals surface area contributed by atoms with Gasteiger partial charge in [0.25, 0.3) is 0 Å². The number of ketones is 1. The van der Waals surface area contributed by atoms with Crippen molar-refractivity contribution in [2.75, 3.05) is 6.54 Å². The van der Waals surface area contributed by atoms with Crippen LogP contribution >= 0.6 is 0 Å². The van der Waals surface area contributed by atoms with Crippen LogP contribution in [0.25, 0.3) is 6.08 Å². The first-order chi connectivity index (χ1) is 8.09. The van der Waals surface area contributed by atoms with E-state index in [-0.39, 0.29) is 41.9 Å². The number of carbonyl (C=O) groups is 2. The summed E-state index contributed by atoms with van der Waals surface area (Å²) in [5.74, 6) is -1.40. The van der Waals surface area contributed by atoms with Gasteiger partial charge >= 0.3 is 29.6 Å². The van der Waals surface area contributed by atoms with Gasteiger partial charge < -0.3 is 15.2 Å². The maximum absolute atomic E-state index is 11.4. The summed E-state index contributed by atoms with van der Waals surface area (Å²) in [6.45, 7) is 1.42. The van der Waals surface area contributed by atoms with Gasteiger partial charge in [-0.2, -0.15) is 0 Å². The molecule has 0 radical (unpaired) electrons. The number of benzene rings is 1. The first-order valence-electron chi connectivity index (χ1n) is 5.30. The third kappa shape index (κ3) is 6.71. The summed E-state index contributed by atoms with van der Waals surface area (Å²) in [6.07, 6.45) is 3.11. The van der Waals surface area contributed by atoms with Crippen LogP contribution in [0.5, 0.6) is 0 Å². The van der Waals surface area contributed by atoms with Crippen molar-refractivity contribution in [2.24, 2.45) is 0 Å². The molecule has 0 fully saturated rings. The van der Waals surface area contributed by atoms with Crippen LogP contribution in [0.1, 0.15) is 12.5 Å². The monoisotopic (exact) mass is 255 g/mol. The first kappa shape index (κ1) is 17.1. The zero-order chi connectivity index (χ0) is 12.7. The Kier molecular flexibility index (Phi) is 8.58. The van der Waals surface area contributed by atoms with Crippen molar-refractivity contribution in [1.82, 2.24) is 5.32 Å². The first-order valence-corrected chi connectivity index (χ1v) is 5.30. The van der Waals surface area contributed by atoms with E-state index < -0.39 is 12.0 Å². The summed E-state index contributed by atoms with van der Waals surface area (Å²) in [5.41, 5.74) is 0.925. The molecule has 4 nitrogen and oxygen atoms in total. The molecule has 90 valence electrons. The molecule has 0 saturated heterocycles. The topological polar surface area (TPSA) is 69.2 Å². The maximum atomic E-state index is 11.4. The molecule has 0 amide bonds. The molecular weight excluding hydrogens is 241 g/mol. The van der Waals surface area contributed by atoms with Gasteiger partial charge in [-0.1, -0.05) is 36.4 Å². The smallest absolute Gasteiger partial charge is 0.548 e. The summed E-state index contributed by atoms with van der Waals surface area (Å²) in [7, 11) is 0. The number of hydrogen-bond acceptors (Lipinski definition) is 4. The second kappa shape index (κ2) is 9.05. The average Bonchev–Trinajstić information content (AvgIpc) is 2.34. The molecule has 1 N–H and O–H groups in total. The molecule has 0 heterocycles. The van der Waals surface area contributed by atoms with Gasteiger partial charge in [0.1, 0.15) is 0 Å². The molecule has 0 bridgehead atoms. The minimum Gasteiger partial charge on any atom is -0.548 e. The van der Waals surface area contributed by atoms with Gasteiger partial charge in [-0.15, -0.1) is 0 Å². The Bertz CT molecular complexity index is 418. The molecule has 1 unspecified atom stereocenters. The van der Waals surface area contributed by atoms with E-state index >= 15 is 0 Å². The van der Waals surface area contributed by atoms with Crippen molar-refractivity contribution in [3.8, 4) is 0 Å². The van der Waals surface area contributed by atoms with E-state index in [1.807, 2.05) is 30.3 Å². The number of aliphatic carboxylic acids is 1. The number of carboxylic acid groups (broad SMARTS) is 1. The van der Waals surface area contributed by atoms with E-state index in [0.29, 0.717) is 0 Å². The van der Waals surface area contributed by atoms with E-state index in [9.17, 15) is 14.7 Å². The van der Waals surface area contributed by atoms with Gasteiger partial charge in [-0.25, -0.2) is 0 Å². The maximum Gasteiger partial charge on any atom is 1.00 e. The van der Waals surface area contributed by atoms with Crippen LogP contribution in [0.2, 0.25) is 0 Å². The van der Waals surface area contributed by atoms with E-state index in [0.717, 1.165) is 5.56 Å². The average molecular weight is 255 g/mol. The number of carbonyl (C=O) groups excluding carboxylic acids is 2. The van der Waals surface area contributed by atoms with Crippen LogP contribution in [0.3, 0.4) is 0 Å². The van der Waals surface area contributed by atoms with Crippen LogP contribution in [-0.4, -0.2) is 24.3 Å². The summed E-state index contributed by atoms with van der Waals surface area (Å²) < 4.78 is 0. The largest absolute Gasteiger partial charge is 1.00 e. The fraction of sp³-hybridized carbons (Fsp3) is 0.231. The zero-order valence-electron chi connectivity index (χ0n) is 10.6. The van der Waals surface area contributed by atoms with Crippen molar-refractivity contribution in [1.29, 1.82) is 0 Å². The fourth-order valence-electron chi connectivity index (χ4n) is 1.15. The molecule has 1 aromatic carbocycles. The normalized spacial score (nSPS) is 11.8. The summed E-state index contributed by atoms with van der Waals surface area (Å²) >= 11 is 0. The molecule has 5 heteroatoms. The number of nitrogens with one attached hydrogen (secondary N) is 1. The van der Waals surface area contributed by atoms with Crippen molar-refractivity contribution in [3.05, 3.63) is 42.0 Å². The molecule has 0 aliphatic heterocycles. The van der Waals surface area contributed by atoms with Gasteiger partial charge in [-0.3, -0.25) is 4.79 Å². The SMILES string of the molecule is CC(NCC(=O)C=Cc1ccccc1)C(=O)[O-].[Na+]. The Morgan fingerprint density at radius 2 is 1.94 bits per heavy atom. The summed E-state index contributed by atoms with van der Waals surface area (Å²) in [5, 5.41) is 12.9. The molecule has 0 spiro atoms. The second-order valence-corrected chi connectivity index (χ2v) is 3.63. The van der Waals surface area contributed by atoms with Crippen LogP contribution in [-0.2, 0) is 9.59 Å². The number of rotatable bonds is 6. The van der Waals surface area contributed by atoms with Crippen molar-refractivity contribution < 1.29 is 44.3 Å². The van der Waals surface area contributed by atoms with Gasteiger partial charge in [0, 0.05) is 6.04 Å². The second-order valence-electron chi connectivity index (χ2n) is 3.63. The Hall–Kier alpha value is -0.940. The third-order valence-corrected chi connectivity index (χ3v) is 2.20. The number of hydrogen-bond donors (Lipinski definition) is 1. The number of carboxylic acids is 1. The third-order valence-electron chi connectivity index (χ3n) is 2.20. The Morgan fingerprint density at radius 1 is 1.33 bits per heavy atom. The summed E-state index contributed by atoms with van der Waals surface area (Å²) in [4.78, 5) is 21.8. The minimum atomic E-state index is -1.22. The molecule has 18 heavy (non-hydrogen) atoms.